The van der Waals surface area contributed by atoms with Gasteiger partial charge in [0.2, 0.25) is 0 Å². The molecular weight excluding hydrogens is 428 g/mol. The lowest BCUT2D eigenvalue weighted by Gasteiger charge is -2.23. The van der Waals surface area contributed by atoms with Gasteiger partial charge in [-0.05, 0) is 38.5 Å². The second kappa shape index (κ2) is 19.9. The van der Waals surface area contributed by atoms with Crippen LogP contribution in [0.25, 0.3) is 0 Å². The van der Waals surface area contributed by atoms with Crippen LogP contribution < -0.4 is 0 Å². The van der Waals surface area contributed by atoms with Crippen LogP contribution in [0, 0.1) is 0 Å². The second-order valence-corrected chi connectivity index (χ2v) is 11.6. The van der Waals surface area contributed by atoms with E-state index in [0.717, 1.165) is 60.6 Å². The lowest BCUT2D eigenvalue weighted by molar-refractivity contribution is -0.870. The lowest BCUT2D eigenvalue weighted by atomic mass is 10.1. The van der Waals surface area contributed by atoms with Crippen molar-refractivity contribution in [3.8, 4) is 0 Å². The molecule has 0 aromatic rings. The average Bonchev–Trinajstić information content (AvgIpc) is 2.71. The van der Waals surface area contributed by atoms with Crippen LogP contribution in [0.5, 0.6) is 0 Å². The summed E-state index contributed by atoms with van der Waals surface area (Å²) < 4.78 is 12.2. The van der Waals surface area contributed by atoms with E-state index in [1.165, 1.54) is 38.5 Å². The van der Waals surface area contributed by atoms with Crippen molar-refractivity contribution in [3.05, 3.63) is 12.2 Å². The van der Waals surface area contributed by atoms with Crippen molar-refractivity contribution in [3.63, 3.8) is 0 Å². The van der Waals surface area contributed by atoms with Crippen LogP contribution in [0.4, 0.5) is 0 Å². The molecule has 0 aromatic carbocycles. The highest BCUT2D eigenvalue weighted by atomic mass is 16.5. The Kier molecular flexibility index (Phi) is 19.0. The zero-order chi connectivity index (χ0) is 25.7. The Hall–Kier alpha value is -1.40. The van der Waals surface area contributed by atoms with Crippen LogP contribution in [0.2, 0.25) is 0 Å². The number of unbranched alkanes of at least 4 members (excludes halogenated alkanes) is 10. The summed E-state index contributed by atoms with van der Waals surface area (Å²) >= 11 is 0. The molecule has 0 saturated heterocycles. The normalized spacial score (nSPS) is 12.3. The largest absolute Gasteiger partial charge is 0.460 e. The van der Waals surface area contributed by atoms with Crippen molar-refractivity contribution in [1.82, 2.24) is 0 Å². The smallest absolute Gasteiger partial charge is 0.305 e. The van der Waals surface area contributed by atoms with E-state index in [2.05, 4.69) is 54.4 Å². The Morgan fingerprint density at radius 2 is 0.853 bits per heavy atom. The Morgan fingerprint density at radius 3 is 1.21 bits per heavy atom. The fourth-order valence-corrected chi connectivity index (χ4v) is 3.37. The van der Waals surface area contributed by atoms with Gasteiger partial charge in [-0.15, -0.1) is 0 Å². The van der Waals surface area contributed by atoms with Gasteiger partial charge in [-0.25, -0.2) is 0 Å². The van der Waals surface area contributed by atoms with Crippen molar-refractivity contribution >= 4 is 11.9 Å². The molecule has 34 heavy (non-hydrogen) atoms. The maximum absolute atomic E-state index is 11.7. The molecule has 0 aliphatic carbocycles. The van der Waals surface area contributed by atoms with Crippen molar-refractivity contribution < 1.29 is 28.0 Å². The maximum Gasteiger partial charge on any atom is 0.305 e. The lowest BCUT2D eigenvalue weighted by Crippen LogP contribution is -2.38. The first-order valence-electron chi connectivity index (χ1n) is 13.6. The molecule has 0 atom stereocenters. The Bertz CT molecular complexity index is 500. The first kappa shape index (κ1) is 32.6. The summed E-state index contributed by atoms with van der Waals surface area (Å²) in [5, 5.41) is 0. The monoisotopic (exact) mass is 484 g/mol. The summed E-state index contributed by atoms with van der Waals surface area (Å²) in [7, 11) is 12.6. The summed E-state index contributed by atoms with van der Waals surface area (Å²) in [5.74, 6) is -0.102. The molecule has 0 saturated carbocycles. The van der Waals surface area contributed by atoms with E-state index >= 15 is 0 Å². The summed E-state index contributed by atoms with van der Waals surface area (Å²) in [6.07, 6.45) is 19.5. The molecule has 0 radical (unpaired) electrons. The number of allylic oxidation sites excluding steroid dienone is 2. The van der Waals surface area contributed by atoms with Crippen LogP contribution in [0.3, 0.4) is 0 Å². The molecule has 0 rings (SSSR count). The van der Waals surface area contributed by atoms with Gasteiger partial charge in [0.05, 0.1) is 42.3 Å². The topological polar surface area (TPSA) is 52.6 Å². The highest BCUT2D eigenvalue weighted by Crippen LogP contribution is 2.11. The number of esters is 2. The van der Waals surface area contributed by atoms with Crippen LogP contribution in [0.15, 0.2) is 12.2 Å². The molecule has 200 valence electrons. The minimum absolute atomic E-state index is 0.0510. The van der Waals surface area contributed by atoms with Crippen molar-refractivity contribution in [2.45, 2.75) is 89.9 Å². The molecule has 0 aromatic heterocycles. The fraction of sp³-hybridized carbons (Fsp3) is 0.857. The number of nitrogens with zero attached hydrogens (tertiary/aromatic N) is 2. The zero-order valence-electron chi connectivity index (χ0n) is 23.4. The highest BCUT2D eigenvalue weighted by molar-refractivity contribution is 5.69. The summed E-state index contributed by atoms with van der Waals surface area (Å²) in [6.45, 7) is 2.75. The van der Waals surface area contributed by atoms with Gasteiger partial charge in [0, 0.05) is 12.8 Å². The predicted octanol–water partition coefficient (Wildman–Crippen LogP) is 5.50. The Balaban J connectivity index is 3.34. The number of hydrogen-bond donors (Lipinski definition) is 0. The van der Waals surface area contributed by atoms with Gasteiger partial charge in [-0.3, -0.25) is 9.59 Å². The summed E-state index contributed by atoms with van der Waals surface area (Å²) in [4.78, 5) is 23.4. The Labute approximate surface area is 210 Å². The molecule has 0 N–H and O–H groups in total. The van der Waals surface area contributed by atoms with Crippen molar-refractivity contribution in [2.24, 2.45) is 0 Å². The standard InChI is InChI=1S/C28H56N2O4/c1-29(2,3)23-25-33-27(31)21-19-17-15-13-11-9-7-8-10-12-14-16-18-20-22-28(32)34-26-24-30(4,5)6/h7-8H,9-26H2,1-6H3/q+2. The maximum atomic E-state index is 11.7. The van der Waals surface area contributed by atoms with E-state index in [1.54, 1.807) is 0 Å². The van der Waals surface area contributed by atoms with Gasteiger partial charge in [0.1, 0.15) is 26.3 Å². The van der Waals surface area contributed by atoms with Gasteiger partial charge in [-0.2, -0.15) is 0 Å². The molecular formula is C28H56N2O4+2. The highest BCUT2D eigenvalue weighted by Gasteiger charge is 2.10. The van der Waals surface area contributed by atoms with E-state index < -0.39 is 0 Å². The Morgan fingerprint density at radius 1 is 0.529 bits per heavy atom. The van der Waals surface area contributed by atoms with Crippen LogP contribution in [-0.2, 0) is 19.1 Å². The third kappa shape index (κ3) is 26.8. The van der Waals surface area contributed by atoms with Crippen molar-refractivity contribution in [1.29, 1.82) is 0 Å². The number of carbonyl (C=O) groups excluding carboxylic acids is 2. The molecule has 0 fully saturated rings. The van der Waals surface area contributed by atoms with Crippen LogP contribution in [0.1, 0.15) is 89.9 Å². The van der Waals surface area contributed by atoms with Crippen molar-refractivity contribution in [2.75, 3.05) is 68.6 Å². The van der Waals surface area contributed by atoms with E-state index in [9.17, 15) is 9.59 Å². The van der Waals surface area contributed by atoms with Gasteiger partial charge in [0.25, 0.3) is 0 Å². The summed E-state index contributed by atoms with van der Waals surface area (Å²) in [5.41, 5.74) is 0. The minimum Gasteiger partial charge on any atom is -0.460 e. The van der Waals surface area contributed by atoms with E-state index in [-0.39, 0.29) is 11.9 Å². The molecule has 0 unspecified atom stereocenters. The van der Waals surface area contributed by atoms with E-state index in [1.807, 2.05) is 0 Å². The number of rotatable bonds is 22. The molecule has 0 bridgehead atoms. The van der Waals surface area contributed by atoms with Gasteiger partial charge >= 0.3 is 11.9 Å². The number of quaternary nitrogens is 2. The molecule has 0 aliphatic heterocycles. The van der Waals surface area contributed by atoms with Gasteiger partial charge in [0.15, 0.2) is 0 Å². The molecule has 0 aliphatic rings. The van der Waals surface area contributed by atoms with Gasteiger partial charge in [-0.1, -0.05) is 50.7 Å². The molecule has 0 heterocycles. The third-order valence-corrected chi connectivity index (χ3v) is 5.72. The third-order valence-electron chi connectivity index (χ3n) is 5.72. The molecule has 0 spiro atoms. The van der Waals surface area contributed by atoms with Crippen LogP contribution in [-0.4, -0.2) is 89.5 Å². The van der Waals surface area contributed by atoms with Crippen LogP contribution >= 0.6 is 0 Å². The van der Waals surface area contributed by atoms with Gasteiger partial charge < -0.3 is 18.4 Å². The minimum atomic E-state index is -0.0510. The molecule has 6 nitrogen and oxygen atoms in total. The number of ether oxygens (including phenoxy) is 2. The SMILES string of the molecule is C[N+](C)(C)CCOC(=O)CCCCCCCC=CCCCCCCCC(=O)OCC[N+](C)(C)C. The quantitative estimate of drug-likeness (QED) is 0.0881. The number of hydrogen-bond acceptors (Lipinski definition) is 4. The van der Waals surface area contributed by atoms with E-state index in [4.69, 9.17) is 9.47 Å². The average molecular weight is 485 g/mol. The fourth-order valence-electron chi connectivity index (χ4n) is 3.37. The number of carbonyl (C=O) groups is 2. The number of likely N-dealkylation sites (N-methyl/N-ethyl adjacent to an activating group) is 2. The second-order valence-electron chi connectivity index (χ2n) is 11.6. The zero-order valence-corrected chi connectivity index (χ0v) is 23.4. The predicted molar refractivity (Wildman–Crippen MR) is 141 cm³/mol. The summed E-state index contributed by atoms with van der Waals surface area (Å²) in [6, 6.07) is 0. The first-order valence-corrected chi connectivity index (χ1v) is 13.6. The molecule has 0 amide bonds. The molecule has 6 heteroatoms. The first-order chi connectivity index (χ1) is 16.0. The van der Waals surface area contributed by atoms with E-state index in [0.29, 0.717) is 26.1 Å².